The maximum Gasteiger partial charge on any atom is 0.140 e. The Labute approximate surface area is 367 Å². The first-order valence-corrected chi connectivity index (χ1v) is 21.9. The molecule has 0 spiro atoms. The predicted octanol–water partition coefficient (Wildman–Crippen LogP) is 15.1. The van der Waals surface area contributed by atoms with Crippen molar-refractivity contribution in [2.24, 2.45) is 0 Å². The van der Waals surface area contributed by atoms with Crippen LogP contribution in [0.1, 0.15) is 0 Å². The monoisotopic (exact) mass is 815 g/mol. The molecule has 0 saturated carbocycles. The minimum absolute atomic E-state index is 0.874. The highest BCUT2D eigenvalue weighted by molar-refractivity contribution is 6.14. The minimum Gasteiger partial charge on any atom is -0.309 e. The molecule has 0 bridgehead atoms. The summed E-state index contributed by atoms with van der Waals surface area (Å²) in [5, 5.41) is 9.78. The lowest BCUT2D eigenvalue weighted by Gasteiger charge is -2.13. The Bertz CT molecular complexity index is 4140. The van der Waals surface area contributed by atoms with Crippen molar-refractivity contribution in [3.05, 3.63) is 224 Å². The van der Waals surface area contributed by atoms with E-state index in [0.717, 1.165) is 39.4 Å². The highest BCUT2D eigenvalue weighted by Gasteiger charge is 2.20. The summed E-state index contributed by atoms with van der Waals surface area (Å²) < 4.78 is 9.43. The molecule has 14 rings (SSSR count). The highest BCUT2D eigenvalue weighted by atomic mass is 15.1. The van der Waals surface area contributed by atoms with Crippen LogP contribution in [0.15, 0.2) is 224 Å². The largest absolute Gasteiger partial charge is 0.309 e. The molecule has 0 aliphatic rings. The molecule has 0 aliphatic carbocycles. The van der Waals surface area contributed by atoms with Gasteiger partial charge in [-0.15, -0.1) is 0 Å². The second kappa shape index (κ2) is 13.4. The van der Waals surface area contributed by atoms with Gasteiger partial charge in [0.1, 0.15) is 11.6 Å². The van der Waals surface area contributed by atoms with Crippen LogP contribution < -0.4 is 0 Å². The third-order valence-corrected chi connectivity index (χ3v) is 13.4. The molecule has 0 N–H and O–H groups in total. The van der Waals surface area contributed by atoms with Gasteiger partial charge in [0.05, 0.1) is 44.1 Å². The number of benzene rings is 9. The summed E-state index contributed by atoms with van der Waals surface area (Å²) in [6, 6.07) is 81.3. The quantitative estimate of drug-likeness (QED) is 0.170. The van der Waals surface area contributed by atoms with Crippen LogP contribution in [0.2, 0.25) is 0 Å². The van der Waals surface area contributed by atoms with Gasteiger partial charge >= 0.3 is 0 Å². The number of para-hydroxylation sites is 6. The van der Waals surface area contributed by atoms with Crippen LogP contribution in [0.5, 0.6) is 0 Å². The van der Waals surface area contributed by atoms with Gasteiger partial charge < -0.3 is 9.13 Å². The van der Waals surface area contributed by atoms with Crippen molar-refractivity contribution in [2.75, 3.05) is 0 Å². The van der Waals surface area contributed by atoms with E-state index in [4.69, 9.17) is 4.98 Å². The van der Waals surface area contributed by atoms with E-state index in [1.54, 1.807) is 0 Å². The van der Waals surface area contributed by atoms with Gasteiger partial charge in [0.15, 0.2) is 0 Å². The Hall–Kier alpha value is -8.67. The first-order chi connectivity index (χ1) is 31.8. The van der Waals surface area contributed by atoms with E-state index in [1.165, 1.54) is 82.0 Å². The van der Waals surface area contributed by atoms with Gasteiger partial charge in [-0.3, -0.25) is 9.13 Å². The zero-order valence-electron chi connectivity index (χ0n) is 34.6. The molecular weight excluding hydrogens is 779 g/mol. The van der Waals surface area contributed by atoms with Gasteiger partial charge in [-0.1, -0.05) is 133 Å². The van der Waals surface area contributed by atoms with Crippen molar-refractivity contribution in [1.82, 2.24) is 23.3 Å². The summed E-state index contributed by atoms with van der Waals surface area (Å²) >= 11 is 0. The second-order valence-electron chi connectivity index (χ2n) is 16.8. The molecule has 298 valence electrons. The molecule has 0 aliphatic heterocycles. The van der Waals surface area contributed by atoms with Crippen molar-refractivity contribution in [3.63, 3.8) is 0 Å². The predicted molar refractivity (Wildman–Crippen MR) is 267 cm³/mol. The molecule has 0 unspecified atom stereocenters. The van der Waals surface area contributed by atoms with Crippen molar-refractivity contribution < 1.29 is 0 Å². The molecular formula is C59H37N5. The molecule has 5 nitrogen and oxygen atoms in total. The number of hydrogen-bond acceptors (Lipinski definition) is 1. The van der Waals surface area contributed by atoms with Crippen molar-refractivity contribution >= 4 is 87.2 Å². The fourth-order valence-electron chi connectivity index (χ4n) is 10.6. The van der Waals surface area contributed by atoms with Crippen molar-refractivity contribution in [2.45, 2.75) is 0 Å². The SMILES string of the molecule is c1ccc(-n2c3ccccc3c3cc(-c4ccc5c(c4)c4ccccc4n5-c4ccc5c6ccccc6n(-c6cccc(-n7c8ccccc8c8ccccc87)n6)c5c4)ccc32)cc1. The third-order valence-electron chi connectivity index (χ3n) is 13.4. The average Bonchev–Trinajstić information content (AvgIpc) is 4.09. The Morgan fingerprint density at radius 3 is 1.09 bits per heavy atom. The van der Waals surface area contributed by atoms with E-state index in [0.29, 0.717) is 0 Å². The number of rotatable bonds is 5. The first kappa shape index (κ1) is 35.0. The van der Waals surface area contributed by atoms with Crippen LogP contribution in [-0.4, -0.2) is 23.3 Å². The Balaban J connectivity index is 0.941. The van der Waals surface area contributed by atoms with Crippen LogP contribution in [0, 0.1) is 0 Å². The van der Waals surface area contributed by atoms with E-state index in [-0.39, 0.29) is 0 Å². The van der Waals surface area contributed by atoms with Crippen molar-refractivity contribution in [1.29, 1.82) is 0 Å². The number of fused-ring (bicyclic) bond motifs is 12. The number of nitrogens with zero attached hydrogens (tertiary/aromatic N) is 5. The van der Waals surface area contributed by atoms with Gasteiger partial charge in [0.2, 0.25) is 0 Å². The standard InChI is InChI=1S/C59H37N5/c1-2-15-40(16-3-1)61-50-22-9-7-20-45(50)48-35-38(29-33-55(48)61)39-30-34-56-49(36-39)46-21-8-10-23-51(46)62(56)41-31-32-47-44-19-6-13-26-54(44)64(57(47)37-41)59-28-14-27-58(60-59)63-52-24-11-4-17-42(52)43-18-5-12-25-53(43)63/h1-37H. The van der Waals surface area contributed by atoms with Gasteiger partial charge in [-0.2, -0.15) is 0 Å². The van der Waals surface area contributed by atoms with Crippen molar-refractivity contribution in [3.8, 4) is 34.1 Å². The minimum atomic E-state index is 0.874. The molecule has 0 atom stereocenters. The molecule has 5 heteroatoms. The smallest absolute Gasteiger partial charge is 0.140 e. The molecule has 14 aromatic rings. The fraction of sp³-hybridized carbons (Fsp3) is 0. The lowest BCUT2D eigenvalue weighted by atomic mass is 10.0. The molecule has 0 saturated heterocycles. The van der Waals surface area contributed by atoms with Gasteiger partial charge in [-0.25, -0.2) is 4.98 Å². The van der Waals surface area contributed by atoms with Crippen LogP contribution in [0.3, 0.4) is 0 Å². The third kappa shape index (κ3) is 4.98. The molecule has 0 amide bonds. The van der Waals surface area contributed by atoms with Gasteiger partial charge in [0.25, 0.3) is 0 Å². The summed E-state index contributed by atoms with van der Waals surface area (Å²) in [5.41, 5.74) is 13.9. The fourth-order valence-corrected chi connectivity index (χ4v) is 10.6. The average molecular weight is 816 g/mol. The summed E-state index contributed by atoms with van der Waals surface area (Å²) in [4.78, 5) is 5.46. The summed E-state index contributed by atoms with van der Waals surface area (Å²) in [7, 11) is 0. The highest BCUT2D eigenvalue weighted by Crippen LogP contribution is 2.40. The lowest BCUT2D eigenvalue weighted by Crippen LogP contribution is -2.03. The topological polar surface area (TPSA) is 32.6 Å². The van der Waals surface area contributed by atoms with Crippen LogP contribution >= 0.6 is 0 Å². The normalized spacial score (nSPS) is 12.1. The maximum atomic E-state index is 5.46. The van der Waals surface area contributed by atoms with Crippen LogP contribution in [0.4, 0.5) is 0 Å². The van der Waals surface area contributed by atoms with E-state index in [1.807, 2.05) is 0 Å². The summed E-state index contributed by atoms with van der Waals surface area (Å²) in [6.07, 6.45) is 0. The zero-order chi connectivity index (χ0) is 41.9. The van der Waals surface area contributed by atoms with Crippen LogP contribution in [0.25, 0.3) is 121 Å². The van der Waals surface area contributed by atoms with E-state index < -0.39 is 0 Å². The summed E-state index contributed by atoms with van der Waals surface area (Å²) in [6.45, 7) is 0. The molecule has 5 heterocycles. The van der Waals surface area contributed by atoms with Gasteiger partial charge in [0, 0.05) is 54.5 Å². The lowest BCUT2D eigenvalue weighted by molar-refractivity contribution is 1.01. The van der Waals surface area contributed by atoms with E-state index in [9.17, 15) is 0 Å². The zero-order valence-corrected chi connectivity index (χ0v) is 34.6. The second-order valence-corrected chi connectivity index (χ2v) is 16.8. The van der Waals surface area contributed by atoms with Crippen LogP contribution in [-0.2, 0) is 0 Å². The molecule has 0 radical (unpaired) electrons. The van der Waals surface area contributed by atoms with E-state index >= 15 is 0 Å². The van der Waals surface area contributed by atoms with E-state index in [2.05, 4.69) is 243 Å². The number of pyridine rings is 1. The Morgan fingerprint density at radius 1 is 0.219 bits per heavy atom. The first-order valence-electron chi connectivity index (χ1n) is 21.9. The maximum absolute atomic E-state index is 5.46. The Morgan fingerprint density at radius 2 is 0.594 bits per heavy atom. The Kier molecular flexibility index (Phi) is 7.33. The molecule has 0 fully saturated rings. The molecule has 9 aromatic carbocycles. The number of hydrogen-bond donors (Lipinski definition) is 0. The summed E-state index contributed by atoms with van der Waals surface area (Å²) in [5.74, 6) is 1.76. The number of aromatic nitrogens is 5. The molecule has 5 aromatic heterocycles. The molecule has 64 heavy (non-hydrogen) atoms. The van der Waals surface area contributed by atoms with Gasteiger partial charge in [-0.05, 0) is 102 Å².